The molecule has 4 nitrogen and oxygen atoms in total. The van der Waals surface area contributed by atoms with Gasteiger partial charge in [-0.25, -0.2) is 0 Å². The Bertz CT molecular complexity index is 374. The fraction of sp³-hybridized carbons (Fsp3) is 1.00. The van der Waals surface area contributed by atoms with E-state index in [2.05, 4.69) is 11.1 Å². The molecule has 26 heavy (non-hydrogen) atoms. The van der Waals surface area contributed by atoms with E-state index in [1.807, 2.05) is 0 Å². The summed E-state index contributed by atoms with van der Waals surface area (Å²) in [4.78, 5) is 0. The van der Waals surface area contributed by atoms with Crippen molar-refractivity contribution in [2.75, 3.05) is 6.61 Å². The van der Waals surface area contributed by atoms with Crippen molar-refractivity contribution in [1.82, 2.24) is 0 Å². The maximum atomic E-state index is 11.4. The van der Waals surface area contributed by atoms with Gasteiger partial charge >= 0.3 is 29.6 Å². The van der Waals surface area contributed by atoms with Crippen LogP contribution in [0.15, 0.2) is 0 Å². The summed E-state index contributed by atoms with van der Waals surface area (Å²) in [7, 11) is -3.77. The van der Waals surface area contributed by atoms with Crippen LogP contribution in [0.5, 0.6) is 0 Å². The Morgan fingerprint density at radius 3 is 1.38 bits per heavy atom. The standard InChI is InChI=1S/C20H42O4S.Na.H/c1-3-5-6-7-8-9-10-11-12-13-14-15-16-17-18-19-20(21)25(22,23)24-4-2;;/h20-21H,3-19H2,1-2H3;;. The molecule has 0 aromatic rings. The third-order valence-electron chi connectivity index (χ3n) is 4.67. The molecular formula is C20H43NaO4S. The van der Waals surface area contributed by atoms with Crippen LogP contribution in [0.3, 0.4) is 0 Å². The number of unbranched alkanes of at least 4 members (excludes halogenated alkanes) is 14. The molecule has 0 amide bonds. The van der Waals surface area contributed by atoms with Gasteiger partial charge in [0.25, 0.3) is 10.1 Å². The predicted molar refractivity (Wildman–Crippen MR) is 113 cm³/mol. The van der Waals surface area contributed by atoms with E-state index in [0.717, 1.165) is 19.3 Å². The number of hydrogen-bond donors (Lipinski definition) is 1. The zero-order valence-electron chi connectivity index (χ0n) is 16.7. The van der Waals surface area contributed by atoms with E-state index in [4.69, 9.17) is 0 Å². The summed E-state index contributed by atoms with van der Waals surface area (Å²) in [5.74, 6) is 0. The summed E-state index contributed by atoms with van der Waals surface area (Å²) in [6, 6.07) is 0. The fourth-order valence-corrected chi connectivity index (χ4v) is 4.02. The molecule has 0 aliphatic rings. The first-order valence-corrected chi connectivity index (χ1v) is 12.1. The Morgan fingerprint density at radius 1 is 0.692 bits per heavy atom. The minimum absolute atomic E-state index is 0. The summed E-state index contributed by atoms with van der Waals surface area (Å²) < 4.78 is 27.5. The molecule has 0 saturated heterocycles. The molecule has 0 bridgehead atoms. The fourth-order valence-electron chi connectivity index (χ4n) is 3.08. The Morgan fingerprint density at radius 2 is 1.04 bits per heavy atom. The molecule has 1 atom stereocenters. The van der Waals surface area contributed by atoms with Crippen LogP contribution in [0.25, 0.3) is 0 Å². The molecule has 0 saturated carbocycles. The molecule has 0 aliphatic heterocycles. The van der Waals surface area contributed by atoms with E-state index in [-0.39, 0.29) is 42.6 Å². The van der Waals surface area contributed by atoms with Crippen molar-refractivity contribution in [2.45, 2.75) is 122 Å². The third kappa shape index (κ3) is 18.2. The summed E-state index contributed by atoms with van der Waals surface area (Å²) in [5, 5.41) is 9.60. The monoisotopic (exact) mass is 402 g/mol. The molecule has 1 unspecified atom stereocenters. The van der Waals surface area contributed by atoms with Gasteiger partial charge in [0.1, 0.15) is 0 Å². The third-order valence-corrected chi connectivity index (χ3v) is 6.14. The molecule has 154 valence electrons. The molecule has 0 fully saturated rings. The van der Waals surface area contributed by atoms with E-state index in [1.165, 1.54) is 77.0 Å². The number of aliphatic hydroxyl groups excluding tert-OH is 1. The SMILES string of the molecule is CCCCCCCCCCCCCCCCCC(O)S(=O)(=O)OCC.[NaH]. The van der Waals surface area contributed by atoms with Crippen LogP contribution in [0.4, 0.5) is 0 Å². The van der Waals surface area contributed by atoms with E-state index < -0.39 is 15.6 Å². The van der Waals surface area contributed by atoms with E-state index in [9.17, 15) is 13.5 Å². The molecule has 0 aliphatic carbocycles. The van der Waals surface area contributed by atoms with E-state index in [1.54, 1.807) is 6.92 Å². The normalized spacial score (nSPS) is 12.7. The Hall–Kier alpha value is 0.870. The molecule has 0 heterocycles. The van der Waals surface area contributed by atoms with Crippen molar-refractivity contribution in [3.63, 3.8) is 0 Å². The van der Waals surface area contributed by atoms with Crippen LogP contribution >= 0.6 is 0 Å². The molecule has 0 aromatic carbocycles. The van der Waals surface area contributed by atoms with Gasteiger partial charge in [0.15, 0.2) is 5.44 Å². The minimum atomic E-state index is -3.77. The van der Waals surface area contributed by atoms with Crippen LogP contribution in [-0.4, -0.2) is 55.1 Å². The molecule has 0 aromatic heterocycles. The summed E-state index contributed by atoms with van der Waals surface area (Å²) in [6.45, 7) is 3.95. The average molecular weight is 403 g/mol. The van der Waals surface area contributed by atoms with Gasteiger partial charge in [-0.1, -0.05) is 96.8 Å². The summed E-state index contributed by atoms with van der Waals surface area (Å²) in [6.07, 6.45) is 19.4. The van der Waals surface area contributed by atoms with Gasteiger partial charge in [-0.2, -0.15) is 8.42 Å². The Labute approximate surface area is 185 Å². The van der Waals surface area contributed by atoms with Crippen LogP contribution in [-0.2, 0) is 14.3 Å². The van der Waals surface area contributed by atoms with E-state index >= 15 is 0 Å². The first-order valence-electron chi connectivity index (χ1n) is 10.6. The number of rotatable bonds is 19. The van der Waals surface area contributed by atoms with Gasteiger partial charge in [-0.3, -0.25) is 4.18 Å². The van der Waals surface area contributed by atoms with Crippen molar-refractivity contribution >= 4 is 39.7 Å². The zero-order valence-corrected chi connectivity index (χ0v) is 17.5. The first kappa shape index (κ1) is 29.1. The summed E-state index contributed by atoms with van der Waals surface area (Å²) >= 11 is 0. The molecule has 0 spiro atoms. The van der Waals surface area contributed by atoms with Crippen molar-refractivity contribution in [3.05, 3.63) is 0 Å². The molecular weight excluding hydrogens is 359 g/mol. The molecule has 6 heteroatoms. The second kappa shape index (κ2) is 20.6. The van der Waals surface area contributed by atoms with Crippen molar-refractivity contribution in [3.8, 4) is 0 Å². The maximum absolute atomic E-state index is 11.4. The predicted octanol–water partition coefficient (Wildman–Crippen LogP) is 5.28. The first-order chi connectivity index (χ1) is 12.0. The zero-order chi connectivity index (χ0) is 18.8. The van der Waals surface area contributed by atoms with Gasteiger partial charge < -0.3 is 5.11 Å². The van der Waals surface area contributed by atoms with Gasteiger partial charge in [0.05, 0.1) is 6.61 Å². The molecule has 0 rings (SSSR count). The van der Waals surface area contributed by atoms with Gasteiger partial charge in [-0.15, -0.1) is 0 Å². The summed E-state index contributed by atoms with van der Waals surface area (Å²) in [5.41, 5.74) is -1.37. The van der Waals surface area contributed by atoms with Crippen LogP contribution < -0.4 is 0 Å². The van der Waals surface area contributed by atoms with Gasteiger partial charge in [0, 0.05) is 0 Å². The van der Waals surface area contributed by atoms with Gasteiger partial charge in [0.2, 0.25) is 0 Å². The van der Waals surface area contributed by atoms with E-state index in [0.29, 0.717) is 0 Å². The van der Waals surface area contributed by atoms with Crippen molar-refractivity contribution in [1.29, 1.82) is 0 Å². The second-order valence-electron chi connectivity index (χ2n) is 7.09. The molecule has 0 radical (unpaired) electrons. The molecule has 1 N–H and O–H groups in total. The Kier molecular flexibility index (Phi) is 23.0. The second-order valence-corrected chi connectivity index (χ2v) is 8.86. The number of aliphatic hydroxyl groups is 1. The van der Waals surface area contributed by atoms with Crippen molar-refractivity contribution < 1.29 is 17.7 Å². The van der Waals surface area contributed by atoms with Crippen LogP contribution in [0.2, 0.25) is 0 Å². The van der Waals surface area contributed by atoms with Crippen LogP contribution in [0, 0.1) is 0 Å². The van der Waals surface area contributed by atoms with Gasteiger partial charge in [-0.05, 0) is 19.8 Å². The van der Waals surface area contributed by atoms with Crippen LogP contribution in [0.1, 0.15) is 117 Å². The average Bonchev–Trinajstić information content (AvgIpc) is 2.58. The number of hydrogen-bond acceptors (Lipinski definition) is 4. The Balaban J connectivity index is 0. The quantitative estimate of drug-likeness (QED) is 0.181. The van der Waals surface area contributed by atoms with Crippen molar-refractivity contribution in [2.24, 2.45) is 0 Å². The topological polar surface area (TPSA) is 63.6 Å².